The van der Waals surface area contributed by atoms with Crippen LogP contribution in [-0.4, -0.2) is 17.7 Å². The van der Waals surface area contributed by atoms with Crippen LogP contribution in [0.15, 0.2) is 40.9 Å². The van der Waals surface area contributed by atoms with Crippen molar-refractivity contribution in [1.29, 1.82) is 0 Å². The fraction of sp³-hybridized carbons (Fsp3) is 0.188. The molecule has 2 N–H and O–H groups in total. The number of rotatable bonds is 3. The molecule has 7 heteroatoms. The second-order valence-corrected chi connectivity index (χ2v) is 6.43. The number of carbonyl (C=O) groups is 1. The maximum atomic E-state index is 13.9. The summed E-state index contributed by atoms with van der Waals surface area (Å²) in [5.41, 5.74) is 0.572. The fourth-order valence-electron chi connectivity index (χ4n) is 2.72. The molecule has 120 valence electrons. The maximum Gasteiger partial charge on any atom is 0.404 e. The van der Waals surface area contributed by atoms with Crippen molar-refractivity contribution in [1.82, 2.24) is 5.32 Å². The minimum atomic E-state index is -1.15. The van der Waals surface area contributed by atoms with Gasteiger partial charge in [0.15, 0.2) is 5.60 Å². The van der Waals surface area contributed by atoms with Crippen molar-refractivity contribution in [2.75, 3.05) is 6.54 Å². The normalized spacial score (nSPS) is 19.1. The molecule has 1 unspecified atom stereocenters. The van der Waals surface area contributed by atoms with Crippen LogP contribution in [0.3, 0.4) is 0 Å². The van der Waals surface area contributed by atoms with Gasteiger partial charge in [-0.15, -0.1) is 0 Å². The molecule has 1 amide bonds. The van der Waals surface area contributed by atoms with Gasteiger partial charge >= 0.3 is 6.09 Å². The predicted molar refractivity (Wildman–Crippen MR) is 87.6 cm³/mol. The van der Waals surface area contributed by atoms with Gasteiger partial charge in [0.05, 0.1) is 11.6 Å². The van der Waals surface area contributed by atoms with Gasteiger partial charge in [0.2, 0.25) is 0 Å². The molecular formula is C16H12BrClFNO3. The molecule has 0 aliphatic carbocycles. The number of hydrogen-bond acceptors (Lipinski definition) is 2. The first-order valence-corrected chi connectivity index (χ1v) is 7.98. The summed E-state index contributed by atoms with van der Waals surface area (Å²) in [6.07, 6.45) is -0.782. The van der Waals surface area contributed by atoms with E-state index in [0.29, 0.717) is 22.2 Å². The number of amides is 1. The SMILES string of the molecule is O=C(O)NCC1(c2ccccc2)Cc2c(cc(F)c(Cl)c2Br)O1. The van der Waals surface area contributed by atoms with E-state index in [2.05, 4.69) is 21.2 Å². The first-order chi connectivity index (χ1) is 10.9. The van der Waals surface area contributed by atoms with Gasteiger partial charge in [-0.05, 0) is 21.5 Å². The lowest BCUT2D eigenvalue weighted by Crippen LogP contribution is -2.43. The van der Waals surface area contributed by atoms with Crippen LogP contribution in [0.5, 0.6) is 5.75 Å². The molecule has 4 nitrogen and oxygen atoms in total. The molecule has 1 aliphatic rings. The Labute approximate surface area is 145 Å². The Morgan fingerprint density at radius 2 is 2.13 bits per heavy atom. The number of fused-ring (bicyclic) bond motifs is 1. The van der Waals surface area contributed by atoms with E-state index in [9.17, 15) is 9.18 Å². The number of hydrogen-bond donors (Lipinski definition) is 2. The molecule has 0 radical (unpaired) electrons. The number of ether oxygens (including phenoxy) is 1. The Morgan fingerprint density at radius 1 is 1.43 bits per heavy atom. The van der Waals surface area contributed by atoms with Crippen LogP contribution in [-0.2, 0) is 12.0 Å². The Kier molecular flexibility index (Phi) is 4.21. The van der Waals surface area contributed by atoms with Gasteiger partial charge in [0.1, 0.15) is 11.6 Å². The molecule has 1 heterocycles. The molecule has 2 aromatic rings. The van der Waals surface area contributed by atoms with Gasteiger partial charge in [0, 0.05) is 22.5 Å². The minimum absolute atomic E-state index is 0.0117. The summed E-state index contributed by atoms with van der Waals surface area (Å²) in [5.74, 6) is -0.234. The van der Waals surface area contributed by atoms with Crippen molar-refractivity contribution in [2.24, 2.45) is 0 Å². The van der Waals surface area contributed by atoms with Crippen LogP contribution in [0.2, 0.25) is 5.02 Å². The highest BCUT2D eigenvalue weighted by molar-refractivity contribution is 9.10. The number of nitrogens with one attached hydrogen (secondary N) is 1. The summed E-state index contributed by atoms with van der Waals surface area (Å²) in [4.78, 5) is 10.9. The average Bonchev–Trinajstić information content (AvgIpc) is 2.92. The molecule has 0 saturated carbocycles. The monoisotopic (exact) mass is 399 g/mol. The zero-order chi connectivity index (χ0) is 16.6. The molecule has 0 saturated heterocycles. The van der Waals surface area contributed by atoms with Crippen molar-refractivity contribution in [3.8, 4) is 5.75 Å². The van der Waals surface area contributed by atoms with Crippen LogP contribution >= 0.6 is 27.5 Å². The lowest BCUT2D eigenvalue weighted by Gasteiger charge is -2.29. The smallest absolute Gasteiger partial charge is 0.404 e. The standard InChI is InChI=1S/C16H12BrClFNO3/c17-13-10-7-16(8-20-15(21)22,9-4-2-1-3-5-9)23-12(10)6-11(19)14(13)18/h1-6,20H,7-8H2,(H,21,22). The highest BCUT2D eigenvalue weighted by Crippen LogP contribution is 2.47. The third-order valence-corrected chi connectivity index (χ3v) is 5.29. The third kappa shape index (κ3) is 2.88. The highest BCUT2D eigenvalue weighted by atomic mass is 79.9. The second kappa shape index (κ2) is 6.02. The predicted octanol–water partition coefficient (Wildman–Crippen LogP) is 4.34. The first-order valence-electron chi connectivity index (χ1n) is 6.81. The van der Waals surface area contributed by atoms with Gasteiger partial charge in [-0.3, -0.25) is 0 Å². The molecular weight excluding hydrogens is 389 g/mol. The Balaban J connectivity index is 2.06. The second-order valence-electron chi connectivity index (χ2n) is 5.26. The van der Waals surface area contributed by atoms with Crippen LogP contribution in [0, 0.1) is 5.82 Å². The average molecular weight is 401 g/mol. The summed E-state index contributed by atoms with van der Waals surface area (Å²) in [5, 5.41) is 11.3. The Hall–Kier alpha value is -1.79. The Morgan fingerprint density at radius 3 is 2.78 bits per heavy atom. The van der Waals surface area contributed by atoms with E-state index >= 15 is 0 Å². The minimum Gasteiger partial charge on any atom is -0.480 e. The maximum absolute atomic E-state index is 13.9. The molecule has 23 heavy (non-hydrogen) atoms. The van der Waals surface area contributed by atoms with E-state index < -0.39 is 17.5 Å². The number of carboxylic acid groups (broad SMARTS) is 1. The molecule has 2 aromatic carbocycles. The zero-order valence-corrected chi connectivity index (χ0v) is 14.1. The Bertz CT molecular complexity index is 772. The van der Waals surface area contributed by atoms with Gasteiger partial charge in [-0.1, -0.05) is 41.9 Å². The molecule has 1 atom stereocenters. The quantitative estimate of drug-likeness (QED) is 0.754. The van der Waals surface area contributed by atoms with Crippen LogP contribution < -0.4 is 10.1 Å². The zero-order valence-electron chi connectivity index (χ0n) is 11.8. The molecule has 0 aromatic heterocycles. The summed E-state index contributed by atoms with van der Waals surface area (Å²) in [6, 6.07) is 10.5. The van der Waals surface area contributed by atoms with E-state index in [4.69, 9.17) is 21.4 Å². The number of halogens is 3. The van der Waals surface area contributed by atoms with Crippen LogP contribution in [0.4, 0.5) is 9.18 Å². The van der Waals surface area contributed by atoms with E-state index in [1.807, 2.05) is 30.3 Å². The van der Waals surface area contributed by atoms with Crippen molar-refractivity contribution >= 4 is 33.6 Å². The molecule has 0 fully saturated rings. The van der Waals surface area contributed by atoms with Crippen LogP contribution in [0.25, 0.3) is 0 Å². The first kappa shape index (κ1) is 16.1. The van der Waals surface area contributed by atoms with Crippen molar-refractivity contribution in [3.05, 3.63) is 62.8 Å². The molecule has 1 aliphatic heterocycles. The summed E-state index contributed by atoms with van der Waals surface area (Å²) >= 11 is 9.24. The van der Waals surface area contributed by atoms with Crippen molar-refractivity contribution < 1.29 is 19.0 Å². The topological polar surface area (TPSA) is 58.6 Å². The summed E-state index contributed by atoms with van der Waals surface area (Å²) in [6.45, 7) is 0.0344. The van der Waals surface area contributed by atoms with E-state index in [1.165, 1.54) is 6.07 Å². The third-order valence-electron chi connectivity index (χ3n) is 3.82. The highest BCUT2D eigenvalue weighted by Gasteiger charge is 2.43. The van der Waals surface area contributed by atoms with Gasteiger partial charge in [-0.25, -0.2) is 9.18 Å². The van der Waals surface area contributed by atoms with E-state index in [-0.39, 0.29) is 11.6 Å². The lowest BCUT2D eigenvalue weighted by atomic mass is 9.89. The molecule has 0 bridgehead atoms. The summed E-state index contributed by atoms with van der Waals surface area (Å²) < 4.78 is 20.3. The lowest BCUT2D eigenvalue weighted by molar-refractivity contribution is 0.0896. The number of benzene rings is 2. The van der Waals surface area contributed by atoms with Gasteiger partial charge in [0.25, 0.3) is 0 Å². The van der Waals surface area contributed by atoms with Crippen molar-refractivity contribution in [3.63, 3.8) is 0 Å². The van der Waals surface area contributed by atoms with E-state index in [0.717, 1.165) is 5.56 Å². The van der Waals surface area contributed by atoms with Gasteiger partial charge < -0.3 is 15.2 Å². The van der Waals surface area contributed by atoms with Crippen LogP contribution in [0.1, 0.15) is 11.1 Å². The van der Waals surface area contributed by atoms with E-state index in [1.54, 1.807) is 0 Å². The fourth-order valence-corrected chi connectivity index (χ4v) is 3.41. The van der Waals surface area contributed by atoms with Gasteiger partial charge in [-0.2, -0.15) is 0 Å². The van der Waals surface area contributed by atoms with Crippen molar-refractivity contribution in [2.45, 2.75) is 12.0 Å². The molecule has 0 spiro atoms. The summed E-state index contributed by atoms with van der Waals surface area (Å²) in [7, 11) is 0. The largest absolute Gasteiger partial charge is 0.480 e. The molecule has 3 rings (SSSR count).